The molecule has 0 saturated carbocycles. The maximum atomic E-state index is 16.1. The van der Waals surface area contributed by atoms with E-state index in [-0.39, 0.29) is 30.3 Å². The van der Waals surface area contributed by atoms with Crippen LogP contribution in [0.15, 0.2) is 36.5 Å². The number of benzene rings is 2. The lowest BCUT2D eigenvalue weighted by atomic mass is 9.82. The van der Waals surface area contributed by atoms with Gasteiger partial charge in [-0.3, -0.25) is 5.10 Å². The lowest BCUT2D eigenvalue weighted by Gasteiger charge is -2.29. The molecule has 1 aliphatic rings. The third-order valence-corrected chi connectivity index (χ3v) is 6.56. The van der Waals surface area contributed by atoms with E-state index in [9.17, 15) is 14.3 Å². The number of aromatic amines is 1. The van der Waals surface area contributed by atoms with Crippen molar-refractivity contribution in [2.45, 2.75) is 37.7 Å². The predicted octanol–water partition coefficient (Wildman–Crippen LogP) is 4.67. The van der Waals surface area contributed by atoms with E-state index in [4.69, 9.17) is 9.47 Å². The maximum Gasteiger partial charge on any atom is 0.332 e. The number of nitrogens with one attached hydrogen (secondary N) is 1. The number of carbonyl (C=O) groups is 1. The molecule has 34 heavy (non-hydrogen) atoms. The summed E-state index contributed by atoms with van der Waals surface area (Å²) < 4.78 is 42.9. The van der Waals surface area contributed by atoms with Gasteiger partial charge in [-0.1, -0.05) is 13.8 Å². The molecule has 2 N–H and O–H groups in total. The highest BCUT2D eigenvalue weighted by Gasteiger charge is 2.40. The van der Waals surface area contributed by atoms with Gasteiger partial charge in [0, 0.05) is 40.6 Å². The second-order valence-corrected chi connectivity index (χ2v) is 9.40. The smallest absolute Gasteiger partial charge is 0.332 e. The molecule has 9 heteroatoms. The number of halogens is 2. The number of rotatable bonds is 6. The monoisotopic (exact) mass is 469 g/mol. The summed E-state index contributed by atoms with van der Waals surface area (Å²) >= 11 is 0. The van der Waals surface area contributed by atoms with Gasteiger partial charge < -0.3 is 19.1 Å². The summed E-state index contributed by atoms with van der Waals surface area (Å²) in [6.45, 7) is 4.46. The van der Waals surface area contributed by atoms with Gasteiger partial charge in [0.15, 0.2) is 11.9 Å². The third-order valence-electron chi connectivity index (χ3n) is 6.56. The van der Waals surface area contributed by atoms with E-state index in [2.05, 4.69) is 10.2 Å². The quantitative estimate of drug-likeness (QED) is 0.429. The lowest BCUT2D eigenvalue weighted by molar-refractivity contribution is -0.147. The van der Waals surface area contributed by atoms with Crippen molar-refractivity contribution >= 4 is 27.8 Å². The molecule has 1 saturated heterocycles. The fourth-order valence-electron chi connectivity index (χ4n) is 5.18. The largest absolute Gasteiger partial charge is 0.479 e. The Kier molecular flexibility index (Phi) is 5.41. The van der Waals surface area contributed by atoms with E-state index in [1.165, 1.54) is 12.1 Å². The summed E-state index contributed by atoms with van der Waals surface area (Å²) in [4.78, 5) is 11.6. The number of aromatic nitrogens is 3. The first-order valence-corrected chi connectivity index (χ1v) is 11.0. The topological polar surface area (TPSA) is 89.4 Å². The molecular weight excluding hydrogens is 444 g/mol. The molecule has 1 aliphatic heterocycles. The summed E-state index contributed by atoms with van der Waals surface area (Å²) in [7, 11) is 1.60. The van der Waals surface area contributed by atoms with Crippen LogP contribution < -0.4 is 0 Å². The number of aliphatic carboxylic acids is 1. The van der Waals surface area contributed by atoms with Crippen LogP contribution in [0.1, 0.15) is 37.4 Å². The SMILES string of the molecule is COCC(C)(C)c1c([C@@H]2CO[C@@H](C(=O)O)C2)c2c(F)c3[nH]ncc3cc2n1-c1ccc(F)cc1. The third kappa shape index (κ3) is 3.47. The van der Waals surface area contributed by atoms with Gasteiger partial charge in [-0.2, -0.15) is 5.10 Å². The van der Waals surface area contributed by atoms with E-state index in [1.54, 1.807) is 25.4 Å². The van der Waals surface area contributed by atoms with Gasteiger partial charge in [0.2, 0.25) is 0 Å². The van der Waals surface area contributed by atoms with Crippen molar-refractivity contribution in [1.82, 2.24) is 14.8 Å². The van der Waals surface area contributed by atoms with Crippen molar-refractivity contribution in [2.75, 3.05) is 20.3 Å². The number of carboxylic acids is 1. The second kappa shape index (κ2) is 8.18. The molecule has 7 nitrogen and oxygen atoms in total. The first kappa shape index (κ1) is 22.5. The van der Waals surface area contributed by atoms with Crippen molar-refractivity contribution in [3.05, 3.63) is 59.4 Å². The Bertz CT molecular complexity index is 1390. The molecule has 0 aliphatic carbocycles. The minimum Gasteiger partial charge on any atom is -0.479 e. The Morgan fingerprint density at radius 1 is 1.32 bits per heavy atom. The van der Waals surface area contributed by atoms with E-state index >= 15 is 4.39 Å². The summed E-state index contributed by atoms with van der Waals surface area (Å²) in [6.07, 6.45) is 0.805. The normalized spacial score (nSPS) is 18.9. The Labute approximate surface area is 194 Å². The highest BCUT2D eigenvalue weighted by atomic mass is 19.1. The fourth-order valence-corrected chi connectivity index (χ4v) is 5.18. The number of hydrogen-bond donors (Lipinski definition) is 2. The van der Waals surface area contributed by atoms with Gasteiger partial charge >= 0.3 is 5.97 Å². The zero-order valence-electron chi connectivity index (χ0n) is 19.1. The number of methoxy groups -OCH3 is 1. The van der Waals surface area contributed by atoms with Gasteiger partial charge in [0.1, 0.15) is 11.3 Å². The van der Waals surface area contributed by atoms with Crippen LogP contribution in [0, 0.1) is 11.6 Å². The molecule has 178 valence electrons. The van der Waals surface area contributed by atoms with E-state index in [1.807, 2.05) is 24.5 Å². The number of ether oxygens (including phenoxy) is 2. The van der Waals surface area contributed by atoms with Crippen LogP contribution >= 0.6 is 0 Å². The molecule has 0 radical (unpaired) electrons. The van der Waals surface area contributed by atoms with Crippen LogP contribution in [0.2, 0.25) is 0 Å². The number of hydrogen-bond acceptors (Lipinski definition) is 4. The first-order valence-electron chi connectivity index (χ1n) is 11.0. The molecular formula is C25H25F2N3O4. The highest BCUT2D eigenvalue weighted by molar-refractivity contribution is 6.00. The number of fused-ring (bicyclic) bond motifs is 2. The Morgan fingerprint density at radius 3 is 2.71 bits per heavy atom. The first-order chi connectivity index (χ1) is 16.2. The molecule has 0 bridgehead atoms. The zero-order chi connectivity index (χ0) is 24.2. The van der Waals surface area contributed by atoms with Gasteiger partial charge in [-0.25, -0.2) is 13.6 Å². The predicted molar refractivity (Wildman–Crippen MR) is 122 cm³/mol. The van der Waals surface area contributed by atoms with Crippen molar-refractivity contribution in [3.8, 4) is 5.69 Å². The average Bonchev–Trinajstić information content (AvgIpc) is 3.51. The molecule has 2 aromatic carbocycles. The molecule has 2 aromatic heterocycles. The van der Waals surface area contributed by atoms with Crippen molar-refractivity contribution in [1.29, 1.82) is 0 Å². The minimum atomic E-state index is -1.04. The summed E-state index contributed by atoms with van der Waals surface area (Å²) in [5.74, 6) is -2.24. The van der Waals surface area contributed by atoms with E-state index in [0.717, 1.165) is 5.69 Å². The van der Waals surface area contributed by atoms with Crippen molar-refractivity contribution in [3.63, 3.8) is 0 Å². The Morgan fingerprint density at radius 2 is 2.06 bits per heavy atom. The molecule has 4 aromatic rings. The van der Waals surface area contributed by atoms with Gasteiger partial charge in [-0.05, 0) is 42.3 Å². The molecule has 0 amide bonds. The zero-order valence-corrected chi connectivity index (χ0v) is 19.1. The fraction of sp³-hybridized carbons (Fsp3) is 0.360. The highest BCUT2D eigenvalue weighted by Crippen LogP contribution is 2.46. The molecule has 0 unspecified atom stereocenters. The van der Waals surface area contributed by atoms with Crippen LogP contribution in [0.25, 0.3) is 27.5 Å². The van der Waals surface area contributed by atoms with Crippen LogP contribution in [0.5, 0.6) is 0 Å². The number of H-pyrrole nitrogens is 1. The van der Waals surface area contributed by atoms with Crippen LogP contribution in [-0.2, 0) is 19.7 Å². The summed E-state index contributed by atoms with van der Waals surface area (Å²) in [5, 5.41) is 17.2. The summed E-state index contributed by atoms with van der Waals surface area (Å²) in [5.41, 5.74) is 2.37. The molecule has 2 atom stereocenters. The lowest BCUT2D eigenvalue weighted by Crippen LogP contribution is -2.29. The van der Waals surface area contributed by atoms with Crippen molar-refractivity contribution in [2.24, 2.45) is 0 Å². The average molecular weight is 469 g/mol. The van der Waals surface area contributed by atoms with Crippen molar-refractivity contribution < 1.29 is 28.2 Å². The Hall–Kier alpha value is -3.30. The standard InChI is InChI=1S/C25H25F2N3O4/c1-25(2,12-33-3)23-19(14-9-18(24(31)32)34-11-14)20-17(8-13-10-28-29-22(13)21(20)27)30(23)16-6-4-15(26)5-7-16/h4-8,10,14,18H,9,11-12H2,1-3H3,(H,28,29)(H,31,32)/t14-,18+/m0/s1. The second-order valence-electron chi connectivity index (χ2n) is 9.40. The number of nitrogens with zero attached hydrogens (tertiary/aromatic N) is 2. The van der Waals surface area contributed by atoms with Crippen LogP contribution in [0.4, 0.5) is 8.78 Å². The molecule has 3 heterocycles. The molecule has 0 spiro atoms. The van der Waals surface area contributed by atoms with Gasteiger partial charge in [0.05, 0.1) is 24.9 Å². The van der Waals surface area contributed by atoms with Crippen LogP contribution in [-0.4, -0.2) is 52.3 Å². The van der Waals surface area contributed by atoms with E-state index in [0.29, 0.717) is 34.1 Å². The van der Waals surface area contributed by atoms with Gasteiger partial charge in [-0.15, -0.1) is 0 Å². The van der Waals surface area contributed by atoms with Gasteiger partial charge in [0.25, 0.3) is 0 Å². The molecule has 5 rings (SSSR count). The van der Waals surface area contributed by atoms with E-state index < -0.39 is 23.3 Å². The number of carboxylic acid groups (broad SMARTS) is 1. The maximum absolute atomic E-state index is 16.1. The molecule has 1 fully saturated rings. The minimum absolute atomic E-state index is 0.149. The van der Waals surface area contributed by atoms with Crippen LogP contribution in [0.3, 0.4) is 0 Å². The Balaban J connectivity index is 1.91. The summed E-state index contributed by atoms with van der Waals surface area (Å²) in [6, 6.07) is 7.86.